The first-order valence-electron chi connectivity index (χ1n) is 10.2. The summed E-state index contributed by atoms with van der Waals surface area (Å²) < 4.78 is 5.59. The van der Waals surface area contributed by atoms with Crippen LogP contribution in [0.25, 0.3) is 0 Å². The van der Waals surface area contributed by atoms with Crippen molar-refractivity contribution in [1.82, 2.24) is 10.3 Å². The maximum absolute atomic E-state index is 13.0. The van der Waals surface area contributed by atoms with Crippen LogP contribution in [0.3, 0.4) is 0 Å². The number of aryl methyl sites for hydroxylation is 1. The van der Waals surface area contributed by atoms with Gasteiger partial charge in [-0.2, -0.15) is 0 Å². The number of benzene rings is 2. The van der Waals surface area contributed by atoms with Crippen molar-refractivity contribution in [2.45, 2.75) is 31.6 Å². The number of ether oxygens (including phenoxy) is 1. The highest BCUT2D eigenvalue weighted by atomic mass is 35.5. The molecule has 1 aliphatic rings. The Hall–Kier alpha value is -2.21. The molecule has 1 aliphatic heterocycles. The van der Waals surface area contributed by atoms with Gasteiger partial charge in [0.1, 0.15) is 4.88 Å². The maximum Gasteiger partial charge on any atom is 0.263 e. The van der Waals surface area contributed by atoms with Crippen LogP contribution in [0.15, 0.2) is 54.6 Å². The van der Waals surface area contributed by atoms with E-state index in [9.17, 15) is 4.79 Å². The number of carbonyl (C=O) groups excluding carboxylic acids is 1. The van der Waals surface area contributed by atoms with Crippen LogP contribution >= 0.6 is 22.9 Å². The molecule has 1 N–H and O–H groups in total. The standard InChI is InChI=1S/C24H25ClN2O2S/c1-17-22(30-21(27-17)14-18-6-3-2-4-7-18)23(28)26-16-24(10-12-29-13-11-24)19-8-5-9-20(25)15-19/h2-9,15H,10-14,16H2,1H3,(H,26,28). The van der Waals surface area contributed by atoms with Crippen molar-refractivity contribution in [3.05, 3.63) is 86.3 Å². The van der Waals surface area contributed by atoms with Crippen LogP contribution in [0, 0.1) is 6.92 Å². The van der Waals surface area contributed by atoms with E-state index in [1.807, 2.05) is 43.3 Å². The lowest BCUT2D eigenvalue weighted by Crippen LogP contribution is -2.44. The molecule has 0 radical (unpaired) electrons. The molecule has 1 amide bonds. The summed E-state index contributed by atoms with van der Waals surface area (Å²) in [6.07, 6.45) is 2.45. The minimum absolute atomic E-state index is 0.0581. The molecule has 2 aromatic carbocycles. The molecule has 0 spiro atoms. The number of nitrogens with zero attached hydrogens (tertiary/aromatic N) is 1. The number of thiazole rings is 1. The van der Waals surface area contributed by atoms with Gasteiger partial charge in [0, 0.05) is 36.6 Å². The molecule has 0 aliphatic carbocycles. The normalized spacial score (nSPS) is 15.7. The van der Waals surface area contributed by atoms with Crippen LogP contribution in [-0.4, -0.2) is 30.6 Å². The Labute approximate surface area is 186 Å². The zero-order valence-corrected chi connectivity index (χ0v) is 18.6. The molecule has 3 aromatic rings. The molecule has 0 bridgehead atoms. The minimum atomic E-state index is -0.162. The third kappa shape index (κ3) is 4.75. The van der Waals surface area contributed by atoms with Crippen molar-refractivity contribution in [3.8, 4) is 0 Å². The second-order valence-corrected chi connectivity index (χ2v) is 9.29. The number of nitrogens with one attached hydrogen (secondary N) is 1. The minimum Gasteiger partial charge on any atom is -0.381 e. The summed E-state index contributed by atoms with van der Waals surface area (Å²) in [6.45, 7) is 3.83. The summed E-state index contributed by atoms with van der Waals surface area (Å²) in [5.74, 6) is -0.0581. The van der Waals surface area contributed by atoms with E-state index in [-0.39, 0.29) is 11.3 Å². The number of hydrogen-bond donors (Lipinski definition) is 1. The van der Waals surface area contributed by atoms with Gasteiger partial charge in [-0.05, 0) is 43.0 Å². The van der Waals surface area contributed by atoms with Crippen molar-refractivity contribution >= 4 is 28.8 Å². The van der Waals surface area contributed by atoms with E-state index in [1.54, 1.807) is 0 Å². The second kappa shape index (κ2) is 9.29. The van der Waals surface area contributed by atoms with Gasteiger partial charge < -0.3 is 10.1 Å². The van der Waals surface area contributed by atoms with Crippen LogP contribution in [0.2, 0.25) is 5.02 Å². The van der Waals surface area contributed by atoms with Gasteiger partial charge in [0.15, 0.2) is 0 Å². The Morgan fingerprint density at radius 2 is 1.93 bits per heavy atom. The molecule has 4 nitrogen and oxygen atoms in total. The zero-order valence-electron chi connectivity index (χ0n) is 17.0. The summed E-state index contributed by atoms with van der Waals surface area (Å²) in [6, 6.07) is 18.2. The van der Waals surface area contributed by atoms with Gasteiger partial charge in [-0.1, -0.05) is 54.1 Å². The molecule has 0 saturated carbocycles. The highest BCUT2D eigenvalue weighted by molar-refractivity contribution is 7.13. The molecule has 1 fully saturated rings. The van der Waals surface area contributed by atoms with E-state index >= 15 is 0 Å². The van der Waals surface area contributed by atoms with Crippen LogP contribution in [0.4, 0.5) is 0 Å². The largest absolute Gasteiger partial charge is 0.381 e. The monoisotopic (exact) mass is 440 g/mol. The number of hydrogen-bond acceptors (Lipinski definition) is 4. The summed E-state index contributed by atoms with van der Waals surface area (Å²) in [7, 11) is 0. The van der Waals surface area contributed by atoms with Crippen molar-refractivity contribution < 1.29 is 9.53 Å². The van der Waals surface area contributed by atoms with Crippen molar-refractivity contribution in [1.29, 1.82) is 0 Å². The predicted molar refractivity (Wildman–Crippen MR) is 122 cm³/mol. The van der Waals surface area contributed by atoms with Gasteiger partial charge in [-0.25, -0.2) is 4.98 Å². The smallest absolute Gasteiger partial charge is 0.263 e. The van der Waals surface area contributed by atoms with Crippen LogP contribution < -0.4 is 5.32 Å². The van der Waals surface area contributed by atoms with Crippen LogP contribution in [0.5, 0.6) is 0 Å². The molecule has 2 heterocycles. The Morgan fingerprint density at radius 1 is 1.17 bits per heavy atom. The van der Waals surface area contributed by atoms with Gasteiger partial charge in [0.25, 0.3) is 5.91 Å². The molecule has 1 saturated heterocycles. The Bertz CT molecular complexity index is 1010. The molecule has 156 valence electrons. The fourth-order valence-corrected chi connectivity index (χ4v) is 5.19. The average Bonchev–Trinajstić information content (AvgIpc) is 3.13. The van der Waals surface area contributed by atoms with Gasteiger partial charge in [0.05, 0.1) is 10.7 Å². The first-order chi connectivity index (χ1) is 14.6. The highest BCUT2D eigenvalue weighted by Crippen LogP contribution is 2.35. The number of amides is 1. The topological polar surface area (TPSA) is 51.2 Å². The molecule has 6 heteroatoms. The van der Waals surface area contributed by atoms with E-state index < -0.39 is 0 Å². The number of halogens is 1. The van der Waals surface area contributed by atoms with Crippen LogP contribution in [-0.2, 0) is 16.6 Å². The van der Waals surface area contributed by atoms with E-state index in [0.717, 1.165) is 35.5 Å². The first kappa shape index (κ1) is 21.0. The van der Waals surface area contributed by atoms with Crippen molar-refractivity contribution in [2.24, 2.45) is 0 Å². The molecular weight excluding hydrogens is 416 g/mol. The highest BCUT2D eigenvalue weighted by Gasteiger charge is 2.35. The number of carbonyl (C=O) groups is 1. The number of aromatic nitrogens is 1. The third-order valence-corrected chi connectivity index (χ3v) is 7.11. The fraction of sp³-hybridized carbons (Fsp3) is 0.333. The second-order valence-electron chi connectivity index (χ2n) is 7.77. The molecule has 0 unspecified atom stereocenters. The van der Waals surface area contributed by atoms with Crippen LogP contribution in [0.1, 0.15) is 44.3 Å². The summed E-state index contributed by atoms with van der Waals surface area (Å²) in [5, 5.41) is 4.85. The zero-order chi connectivity index (χ0) is 21.0. The lowest BCUT2D eigenvalue weighted by molar-refractivity contribution is 0.0487. The SMILES string of the molecule is Cc1nc(Cc2ccccc2)sc1C(=O)NCC1(c2cccc(Cl)c2)CCOCC1. The third-order valence-electron chi connectivity index (χ3n) is 5.72. The van der Waals surface area contributed by atoms with Gasteiger partial charge in [0.2, 0.25) is 0 Å². The number of rotatable bonds is 6. The van der Waals surface area contributed by atoms with Gasteiger partial charge in [-0.3, -0.25) is 4.79 Å². The molecule has 30 heavy (non-hydrogen) atoms. The molecular formula is C24H25ClN2O2S. The molecule has 1 aromatic heterocycles. The maximum atomic E-state index is 13.0. The fourth-order valence-electron chi connectivity index (χ4n) is 3.99. The Kier molecular flexibility index (Phi) is 6.52. The van der Waals surface area contributed by atoms with Gasteiger partial charge >= 0.3 is 0 Å². The van der Waals surface area contributed by atoms with Crippen molar-refractivity contribution in [2.75, 3.05) is 19.8 Å². The average molecular weight is 441 g/mol. The quantitative estimate of drug-likeness (QED) is 0.575. The summed E-state index contributed by atoms with van der Waals surface area (Å²) in [4.78, 5) is 18.3. The van der Waals surface area contributed by atoms with E-state index in [1.165, 1.54) is 16.9 Å². The lowest BCUT2D eigenvalue weighted by atomic mass is 9.74. The summed E-state index contributed by atoms with van der Waals surface area (Å²) in [5.41, 5.74) is 2.97. The Morgan fingerprint density at radius 3 is 2.67 bits per heavy atom. The van der Waals surface area contributed by atoms with E-state index in [2.05, 4.69) is 28.5 Å². The van der Waals surface area contributed by atoms with E-state index in [0.29, 0.717) is 29.7 Å². The van der Waals surface area contributed by atoms with Crippen molar-refractivity contribution in [3.63, 3.8) is 0 Å². The first-order valence-corrected chi connectivity index (χ1v) is 11.4. The summed E-state index contributed by atoms with van der Waals surface area (Å²) >= 11 is 7.73. The van der Waals surface area contributed by atoms with E-state index in [4.69, 9.17) is 16.3 Å². The lowest BCUT2D eigenvalue weighted by Gasteiger charge is -2.38. The van der Waals surface area contributed by atoms with Gasteiger partial charge in [-0.15, -0.1) is 11.3 Å². The Balaban J connectivity index is 1.49. The molecule has 4 rings (SSSR count). The molecule has 0 atom stereocenters. The predicted octanol–water partition coefficient (Wildman–Crippen LogP) is 5.17.